The van der Waals surface area contributed by atoms with Crippen LogP contribution in [0.1, 0.15) is 61.5 Å². The monoisotopic (exact) mass is 617 g/mol. The number of halogens is 2. The highest BCUT2D eigenvalue weighted by Gasteiger charge is 2.27. The number of hydrogen-bond donors (Lipinski definition) is 1. The van der Waals surface area contributed by atoms with E-state index in [9.17, 15) is 9.18 Å². The van der Waals surface area contributed by atoms with Crippen LogP contribution in [0.3, 0.4) is 0 Å². The molecule has 3 aliphatic rings. The first kappa shape index (κ1) is 29.2. The van der Waals surface area contributed by atoms with Crippen LogP contribution in [-0.4, -0.2) is 51.1 Å². The van der Waals surface area contributed by atoms with E-state index in [1.807, 2.05) is 24.3 Å². The molecule has 1 N–H and O–H groups in total. The number of imidazole rings is 1. The van der Waals surface area contributed by atoms with Crippen molar-refractivity contribution in [1.82, 2.24) is 19.4 Å². The molecule has 230 valence electrons. The molecule has 1 aliphatic carbocycles. The van der Waals surface area contributed by atoms with E-state index >= 15 is 0 Å². The molecule has 2 aromatic carbocycles. The van der Waals surface area contributed by atoms with Crippen LogP contribution in [0, 0.1) is 11.7 Å². The summed E-state index contributed by atoms with van der Waals surface area (Å²) in [7, 11) is 0. The van der Waals surface area contributed by atoms with Crippen molar-refractivity contribution in [2.75, 3.05) is 25.0 Å². The number of aromatic nitrogens is 3. The van der Waals surface area contributed by atoms with E-state index in [-0.39, 0.29) is 24.4 Å². The summed E-state index contributed by atoms with van der Waals surface area (Å²) in [6.45, 7) is 4.31. The molecule has 3 fully saturated rings. The lowest BCUT2D eigenvalue weighted by Gasteiger charge is -2.32. The molecule has 0 spiro atoms. The van der Waals surface area contributed by atoms with Crippen molar-refractivity contribution in [3.05, 3.63) is 82.5 Å². The van der Waals surface area contributed by atoms with Crippen molar-refractivity contribution in [1.29, 1.82) is 0 Å². The minimum Gasteiger partial charge on any atom is -0.473 e. The number of fused-ring (bicyclic) bond motifs is 1. The van der Waals surface area contributed by atoms with Gasteiger partial charge in [-0.05, 0) is 87.5 Å². The maximum Gasteiger partial charge on any atom is 0.224 e. The van der Waals surface area contributed by atoms with Crippen LogP contribution < -0.4 is 10.1 Å². The number of nitrogens with zero attached hydrogens (tertiary/aromatic N) is 4. The highest BCUT2D eigenvalue weighted by molar-refractivity contribution is 6.30. The number of ether oxygens (including phenoxy) is 2. The van der Waals surface area contributed by atoms with E-state index in [0.717, 1.165) is 93.1 Å². The lowest BCUT2D eigenvalue weighted by Crippen LogP contribution is -2.35. The second kappa shape index (κ2) is 12.8. The number of benzene rings is 2. The van der Waals surface area contributed by atoms with Gasteiger partial charge in [-0.15, -0.1) is 0 Å². The largest absolute Gasteiger partial charge is 0.473 e. The smallest absolute Gasteiger partial charge is 0.224 e. The fourth-order valence-electron chi connectivity index (χ4n) is 6.13. The number of piperidine rings is 1. The molecule has 1 amide bonds. The summed E-state index contributed by atoms with van der Waals surface area (Å²) < 4.78 is 28.1. The number of amides is 1. The number of hydrogen-bond acceptors (Lipinski definition) is 6. The standard InChI is InChI=1S/C34H37ClFN5O3/c35-25-7-6-24(28(36)17-25)21-44-34-3-1-2-29(39-34)23-10-13-40(14-11-23)20-32-38-30-18-26(37-33(42)16-22-4-5-22)8-9-31(30)41(32)19-27-12-15-43-27/h1-3,6-9,17-18,22-23,27H,4-5,10-16,19-21H2,(H,37,42). The first-order valence-corrected chi connectivity index (χ1v) is 16.0. The van der Waals surface area contributed by atoms with Gasteiger partial charge in [0, 0.05) is 47.0 Å². The molecule has 44 heavy (non-hydrogen) atoms. The molecule has 1 unspecified atom stereocenters. The Morgan fingerprint density at radius 3 is 2.64 bits per heavy atom. The molecule has 4 aromatic rings. The average molecular weight is 618 g/mol. The van der Waals surface area contributed by atoms with Gasteiger partial charge in [-0.2, -0.15) is 0 Å². The van der Waals surface area contributed by atoms with Gasteiger partial charge in [0.25, 0.3) is 0 Å². The third-order valence-corrected chi connectivity index (χ3v) is 9.20. The Morgan fingerprint density at radius 2 is 1.89 bits per heavy atom. The van der Waals surface area contributed by atoms with Crippen molar-refractivity contribution >= 4 is 34.2 Å². The van der Waals surface area contributed by atoms with Gasteiger partial charge in [0.05, 0.1) is 30.2 Å². The van der Waals surface area contributed by atoms with Crippen LogP contribution >= 0.6 is 11.6 Å². The summed E-state index contributed by atoms with van der Waals surface area (Å²) >= 11 is 5.87. The normalized spacial score (nSPS) is 19.2. The molecule has 0 bridgehead atoms. The SMILES string of the molecule is O=C(CC1CC1)Nc1ccc2c(c1)nc(CN1CCC(c3cccc(OCc4ccc(Cl)cc4F)n3)CC1)n2CC1CCO1. The quantitative estimate of drug-likeness (QED) is 0.201. The molecule has 1 saturated carbocycles. The Labute approximate surface area is 261 Å². The topological polar surface area (TPSA) is 81.5 Å². The zero-order valence-corrected chi connectivity index (χ0v) is 25.4. The molecule has 2 aromatic heterocycles. The Morgan fingerprint density at radius 1 is 1.05 bits per heavy atom. The lowest BCUT2D eigenvalue weighted by molar-refractivity contribution is -0.116. The number of carbonyl (C=O) groups is 1. The summed E-state index contributed by atoms with van der Waals surface area (Å²) in [6, 6.07) is 16.5. The highest BCUT2D eigenvalue weighted by atomic mass is 35.5. The molecule has 10 heteroatoms. The third-order valence-electron chi connectivity index (χ3n) is 8.97. The molecular weight excluding hydrogens is 581 g/mol. The zero-order valence-electron chi connectivity index (χ0n) is 24.7. The molecule has 7 rings (SSSR count). The van der Waals surface area contributed by atoms with Gasteiger partial charge in [0.2, 0.25) is 11.8 Å². The molecule has 8 nitrogen and oxygen atoms in total. The number of anilines is 1. The Balaban J connectivity index is 0.994. The number of likely N-dealkylation sites (tertiary alicyclic amines) is 1. The van der Waals surface area contributed by atoms with Crippen molar-refractivity contribution in [3.8, 4) is 5.88 Å². The number of pyridine rings is 1. The van der Waals surface area contributed by atoms with Crippen LogP contribution in [0.5, 0.6) is 5.88 Å². The number of rotatable bonds is 11. The maximum atomic E-state index is 14.2. The minimum absolute atomic E-state index is 0.0827. The third kappa shape index (κ3) is 6.90. The predicted octanol–water partition coefficient (Wildman–Crippen LogP) is 6.71. The maximum absolute atomic E-state index is 14.2. The average Bonchev–Trinajstić information content (AvgIpc) is 3.74. The molecule has 4 heterocycles. The second-order valence-corrected chi connectivity index (χ2v) is 12.7. The fraction of sp³-hybridized carbons (Fsp3) is 0.441. The van der Waals surface area contributed by atoms with Gasteiger partial charge in [-0.25, -0.2) is 14.4 Å². The van der Waals surface area contributed by atoms with E-state index in [1.165, 1.54) is 6.07 Å². The Hall–Kier alpha value is -3.53. The molecule has 2 saturated heterocycles. The number of carbonyl (C=O) groups excluding carboxylic acids is 1. The van der Waals surface area contributed by atoms with E-state index in [0.29, 0.717) is 34.7 Å². The van der Waals surface area contributed by atoms with Crippen molar-refractivity contribution in [3.63, 3.8) is 0 Å². The summed E-state index contributed by atoms with van der Waals surface area (Å²) in [6.07, 6.45) is 6.15. The predicted molar refractivity (Wildman–Crippen MR) is 167 cm³/mol. The molecule has 2 aliphatic heterocycles. The molecular formula is C34H37ClFN5O3. The van der Waals surface area contributed by atoms with E-state index in [1.54, 1.807) is 12.1 Å². The Kier molecular flexibility index (Phi) is 8.51. The zero-order chi connectivity index (χ0) is 30.0. The van der Waals surface area contributed by atoms with Crippen LogP contribution in [0.15, 0.2) is 54.6 Å². The fourth-order valence-corrected chi connectivity index (χ4v) is 6.28. The highest BCUT2D eigenvalue weighted by Crippen LogP contribution is 2.33. The van der Waals surface area contributed by atoms with Crippen LogP contribution in [-0.2, 0) is 29.2 Å². The molecule has 0 radical (unpaired) electrons. The summed E-state index contributed by atoms with van der Waals surface area (Å²) in [5.41, 5.74) is 4.23. The van der Waals surface area contributed by atoms with Crippen LogP contribution in [0.4, 0.5) is 10.1 Å². The van der Waals surface area contributed by atoms with Crippen molar-refractivity contribution < 1.29 is 18.7 Å². The van der Waals surface area contributed by atoms with Crippen LogP contribution in [0.25, 0.3) is 11.0 Å². The lowest BCUT2D eigenvalue weighted by atomic mass is 9.93. The van der Waals surface area contributed by atoms with E-state index in [2.05, 4.69) is 26.9 Å². The molecule has 1 atom stereocenters. The van der Waals surface area contributed by atoms with Gasteiger partial charge in [0.15, 0.2) is 0 Å². The van der Waals surface area contributed by atoms with Crippen molar-refractivity contribution in [2.45, 2.75) is 70.2 Å². The van der Waals surface area contributed by atoms with Crippen molar-refractivity contribution in [2.24, 2.45) is 5.92 Å². The summed E-state index contributed by atoms with van der Waals surface area (Å²) in [5, 5.41) is 3.43. The first-order chi connectivity index (χ1) is 21.5. The summed E-state index contributed by atoms with van der Waals surface area (Å²) in [5.74, 6) is 2.10. The van der Waals surface area contributed by atoms with Gasteiger partial charge in [0.1, 0.15) is 18.2 Å². The number of nitrogens with one attached hydrogen (secondary N) is 1. The van der Waals surface area contributed by atoms with Gasteiger partial charge in [-0.3, -0.25) is 9.69 Å². The second-order valence-electron chi connectivity index (χ2n) is 12.3. The minimum atomic E-state index is -0.383. The van der Waals surface area contributed by atoms with Gasteiger partial charge < -0.3 is 19.4 Å². The summed E-state index contributed by atoms with van der Waals surface area (Å²) in [4.78, 5) is 24.7. The van der Waals surface area contributed by atoms with E-state index in [4.69, 9.17) is 31.0 Å². The first-order valence-electron chi connectivity index (χ1n) is 15.6. The van der Waals surface area contributed by atoms with E-state index < -0.39 is 0 Å². The van der Waals surface area contributed by atoms with Crippen LogP contribution in [0.2, 0.25) is 5.02 Å². The van der Waals surface area contributed by atoms with Gasteiger partial charge >= 0.3 is 0 Å². The Bertz CT molecular complexity index is 1650. The van der Waals surface area contributed by atoms with Gasteiger partial charge in [-0.1, -0.05) is 23.7 Å².